The first-order chi connectivity index (χ1) is 11.2. The largest absolute Gasteiger partial charge is 0.384 e. The summed E-state index contributed by atoms with van der Waals surface area (Å²) in [5.41, 5.74) is 5.47. The van der Waals surface area contributed by atoms with Crippen LogP contribution in [0.2, 0.25) is 5.02 Å². The zero-order valence-electron chi connectivity index (χ0n) is 12.2. The first-order valence-corrected chi connectivity index (χ1v) is 9.94. The van der Waals surface area contributed by atoms with Crippen molar-refractivity contribution in [2.45, 2.75) is 9.79 Å². The Labute approximate surface area is 144 Å². The molecule has 0 saturated heterocycles. The predicted octanol–water partition coefficient (Wildman–Crippen LogP) is 1.79. The van der Waals surface area contributed by atoms with Gasteiger partial charge in [0.15, 0.2) is 15.7 Å². The smallest absolute Gasteiger partial charge is 0.358 e. The third-order valence-corrected chi connectivity index (χ3v) is 5.83. The Morgan fingerprint density at radius 1 is 0.958 bits per heavy atom. The van der Waals surface area contributed by atoms with Gasteiger partial charge >= 0.3 is 10.1 Å². The van der Waals surface area contributed by atoms with E-state index in [1.165, 1.54) is 36.4 Å². The number of nitrogens with zero attached hydrogens (tertiary/aromatic N) is 1. The van der Waals surface area contributed by atoms with E-state index in [1.807, 2.05) is 0 Å². The molecule has 2 aromatic carbocycles. The molecular weight excluding hydrogens is 376 g/mol. The van der Waals surface area contributed by atoms with E-state index in [0.29, 0.717) is 5.02 Å². The second kappa shape index (κ2) is 7.20. The molecule has 2 rings (SSSR count). The Morgan fingerprint density at radius 3 is 2.12 bits per heavy atom. The lowest BCUT2D eigenvalue weighted by Crippen LogP contribution is -2.24. The first-order valence-electron chi connectivity index (χ1n) is 6.50. The van der Waals surface area contributed by atoms with Crippen LogP contribution in [0.4, 0.5) is 0 Å². The van der Waals surface area contributed by atoms with Crippen molar-refractivity contribution >= 4 is 37.4 Å². The van der Waals surface area contributed by atoms with Crippen LogP contribution in [-0.2, 0) is 24.2 Å². The van der Waals surface area contributed by atoms with Gasteiger partial charge in [-0.25, -0.2) is 8.42 Å². The fourth-order valence-electron chi connectivity index (χ4n) is 1.67. The first kappa shape index (κ1) is 18.2. The van der Waals surface area contributed by atoms with Gasteiger partial charge in [-0.2, -0.15) is 8.42 Å². The highest BCUT2D eigenvalue weighted by molar-refractivity contribution is 7.92. The number of oxime groups is 1. The average Bonchev–Trinajstić information content (AvgIpc) is 2.54. The van der Waals surface area contributed by atoms with Crippen LogP contribution in [-0.4, -0.2) is 28.4 Å². The molecule has 0 unspecified atom stereocenters. The summed E-state index contributed by atoms with van der Waals surface area (Å²) in [5.74, 6) is -1.16. The van der Waals surface area contributed by atoms with Crippen LogP contribution < -0.4 is 5.73 Å². The van der Waals surface area contributed by atoms with Gasteiger partial charge in [0.25, 0.3) is 0 Å². The topological polar surface area (TPSA) is 116 Å². The minimum atomic E-state index is -4.21. The van der Waals surface area contributed by atoms with Crippen molar-refractivity contribution in [2.75, 3.05) is 5.75 Å². The molecule has 0 atom stereocenters. The average molecular weight is 389 g/mol. The molecule has 0 aliphatic heterocycles. The van der Waals surface area contributed by atoms with Crippen molar-refractivity contribution in [1.82, 2.24) is 0 Å². The molecule has 24 heavy (non-hydrogen) atoms. The Balaban J connectivity index is 2.13. The number of amidine groups is 1. The lowest BCUT2D eigenvalue weighted by atomic mass is 10.4. The summed E-state index contributed by atoms with van der Waals surface area (Å²) < 4.78 is 52.4. The van der Waals surface area contributed by atoms with Crippen molar-refractivity contribution < 1.29 is 21.1 Å². The maximum atomic E-state index is 12.1. The molecule has 2 N–H and O–H groups in total. The second-order valence-corrected chi connectivity index (χ2v) is 8.59. The maximum Gasteiger partial charge on any atom is 0.358 e. The number of halogens is 1. The van der Waals surface area contributed by atoms with Gasteiger partial charge in [-0.15, -0.1) is 0 Å². The van der Waals surface area contributed by atoms with E-state index in [2.05, 4.69) is 9.44 Å². The van der Waals surface area contributed by atoms with E-state index in [1.54, 1.807) is 18.2 Å². The van der Waals surface area contributed by atoms with Crippen LogP contribution in [0.25, 0.3) is 0 Å². The van der Waals surface area contributed by atoms with Crippen LogP contribution in [0.5, 0.6) is 0 Å². The number of hydrogen-bond acceptors (Lipinski definition) is 6. The summed E-state index contributed by atoms with van der Waals surface area (Å²) in [6.07, 6.45) is 0. The zero-order chi connectivity index (χ0) is 17.8. The summed E-state index contributed by atoms with van der Waals surface area (Å²) in [5, 5.41) is 3.55. The molecule has 0 spiro atoms. The highest BCUT2D eigenvalue weighted by atomic mass is 35.5. The lowest BCUT2D eigenvalue weighted by molar-refractivity contribution is 0.338. The van der Waals surface area contributed by atoms with Gasteiger partial charge in [-0.05, 0) is 36.4 Å². The van der Waals surface area contributed by atoms with E-state index in [-0.39, 0.29) is 9.79 Å². The van der Waals surface area contributed by atoms with Crippen molar-refractivity contribution in [3.63, 3.8) is 0 Å². The minimum Gasteiger partial charge on any atom is -0.384 e. The van der Waals surface area contributed by atoms with E-state index in [0.717, 1.165) is 0 Å². The number of rotatable bonds is 6. The van der Waals surface area contributed by atoms with Gasteiger partial charge in [-0.1, -0.05) is 35.0 Å². The fourth-order valence-corrected chi connectivity index (χ4v) is 3.73. The zero-order valence-corrected chi connectivity index (χ0v) is 14.6. The van der Waals surface area contributed by atoms with E-state index in [9.17, 15) is 16.8 Å². The summed E-state index contributed by atoms with van der Waals surface area (Å²) in [6.45, 7) is 0. The molecule has 0 bridgehead atoms. The molecule has 0 fully saturated rings. The maximum absolute atomic E-state index is 12.1. The molecule has 10 heteroatoms. The SMILES string of the molecule is N/C(CS(=O)(=O)c1ccccc1)=N/OS(=O)(=O)c1ccc(Cl)cc1. The van der Waals surface area contributed by atoms with Crippen LogP contribution >= 0.6 is 11.6 Å². The Morgan fingerprint density at radius 2 is 1.54 bits per heavy atom. The standard InChI is InChI=1S/C14H13ClN2O5S2/c15-11-6-8-13(9-7-11)24(20,21)22-17-14(16)10-23(18,19)12-4-2-1-3-5-12/h1-9H,10H2,(H2,16,17). The Bertz CT molecular complexity index is 940. The summed E-state index contributed by atoms with van der Waals surface area (Å²) in [6, 6.07) is 12.8. The Hall–Kier alpha value is -2.10. The summed E-state index contributed by atoms with van der Waals surface area (Å²) >= 11 is 5.67. The molecule has 0 aliphatic rings. The van der Waals surface area contributed by atoms with Gasteiger partial charge in [0.2, 0.25) is 0 Å². The third kappa shape index (κ3) is 4.70. The number of nitrogens with two attached hydrogens (primary N) is 1. The molecule has 0 saturated carbocycles. The molecule has 0 amide bonds. The third-order valence-electron chi connectivity index (χ3n) is 2.80. The summed E-state index contributed by atoms with van der Waals surface area (Å²) in [7, 11) is -7.96. The predicted molar refractivity (Wildman–Crippen MR) is 89.8 cm³/mol. The molecule has 2 aromatic rings. The minimum absolute atomic E-state index is 0.0451. The highest BCUT2D eigenvalue weighted by Gasteiger charge is 2.19. The second-order valence-electron chi connectivity index (χ2n) is 4.64. The van der Waals surface area contributed by atoms with Gasteiger partial charge in [-0.3, -0.25) is 4.28 Å². The molecule has 7 nitrogen and oxygen atoms in total. The number of sulfone groups is 1. The van der Waals surface area contributed by atoms with Crippen molar-refractivity contribution in [1.29, 1.82) is 0 Å². The molecular formula is C14H13ClN2O5S2. The van der Waals surface area contributed by atoms with E-state index in [4.69, 9.17) is 17.3 Å². The van der Waals surface area contributed by atoms with E-state index >= 15 is 0 Å². The van der Waals surface area contributed by atoms with Crippen LogP contribution in [0, 0.1) is 0 Å². The molecule has 0 aromatic heterocycles. The van der Waals surface area contributed by atoms with Crippen molar-refractivity contribution in [3.8, 4) is 0 Å². The number of benzene rings is 2. The number of hydrogen-bond donors (Lipinski definition) is 1. The van der Waals surface area contributed by atoms with Gasteiger partial charge in [0.05, 0.1) is 4.90 Å². The van der Waals surface area contributed by atoms with Gasteiger partial charge in [0, 0.05) is 5.02 Å². The van der Waals surface area contributed by atoms with Gasteiger partial charge in [0.1, 0.15) is 10.6 Å². The van der Waals surface area contributed by atoms with Crippen LogP contribution in [0.15, 0.2) is 69.5 Å². The lowest BCUT2D eigenvalue weighted by Gasteiger charge is -2.05. The van der Waals surface area contributed by atoms with Crippen molar-refractivity contribution in [2.24, 2.45) is 10.9 Å². The Kier molecular flexibility index (Phi) is 5.47. The molecule has 0 aliphatic carbocycles. The van der Waals surface area contributed by atoms with Crippen LogP contribution in [0.3, 0.4) is 0 Å². The molecule has 0 heterocycles. The highest BCUT2D eigenvalue weighted by Crippen LogP contribution is 2.16. The summed E-state index contributed by atoms with van der Waals surface area (Å²) in [4.78, 5) is -0.141. The molecule has 0 radical (unpaired) electrons. The monoisotopic (exact) mass is 388 g/mol. The van der Waals surface area contributed by atoms with E-state index < -0.39 is 31.5 Å². The fraction of sp³-hybridized carbons (Fsp3) is 0.0714. The van der Waals surface area contributed by atoms with Crippen molar-refractivity contribution in [3.05, 3.63) is 59.6 Å². The van der Waals surface area contributed by atoms with Crippen LogP contribution in [0.1, 0.15) is 0 Å². The normalized spacial score (nSPS) is 12.8. The van der Waals surface area contributed by atoms with Gasteiger partial charge < -0.3 is 5.73 Å². The molecule has 128 valence electrons. The quantitative estimate of drug-likeness (QED) is 0.458.